The normalized spacial score (nSPS) is 12.3. The van der Waals surface area contributed by atoms with Gasteiger partial charge in [-0.05, 0) is 41.5 Å². The summed E-state index contributed by atoms with van der Waals surface area (Å²) in [4.78, 5) is 0. The summed E-state index contributed by atoms with van der Waals surface area (Å²) in [7, 11) is 1.63. The first-order chi connectivity index (χ1) is 9.01. The first-order valence-corrected chi connectivity index (χ1v) is 7.85. The van der Waals surface area contributed by atoms with E-state index in [0.717, 1.165) is 25.8 Å². The number of benzene rings is 2. The maximum absolute atomic E-state index is 6.53. The van der Waals surface area contributed by atoms with Crippen LogP contribution in [-0.2, 0) is 0 Å². The Morgan fingerprint density at radius 2 is 1.84 bits per heavy atom. The Kier molecular flexibility index (Phi) is 5.18. The molecule has 2 aromatic rings. The van der Waals surface area contributed by atoms with Crippen LogP contribution in [0.3, 0.4) is 0 Å². The SMILES string of the molecule is COc1ccc(C(Cl)c2cc(Cl)cc(Br)c2)c(Br)c1. The molecule has 0 heterocycles. The van der Waals surface area contributed by atoms with E-state index in [9.17, 15) is 0 Å². The standard InChI is InChI=1S/C14H10Br2Cl2O/c1-19-11-2-3-12(13(16)7-11)14(18)8-4-9(15)6-10(17)5-8/h2-7,14H,1H3. The minimum atomic E-state index is -0.282. The van der Waals surface area contributed by atoms with Crippen molar-refractivity contribution in [2.75, 3.05) is 7.11 Å². The fourth-order valence-electron chi connectivity index (χ4n) is 1.74. The Morgan fingerprint density at radius 3 is 2.42 bits per heavy atom. The van der Waals surface area contributed by atoms with E-state index in [1.54, 1.807) is 7.11 Å². The summed E-state index contributed by atoms with van der Waals surface area (Å²) >= 11 is 19.5. The van der Waals surface area contributed by atoms with E-state index in [-0.39, 0.29) is 5.38 Å². The van der Waals surface area contributed by atoms with Crippen molar-refractivity contribution >= 4 is 55.1 Å². The molecule has 0 fully saturated rings. The first-order valence-electron chi connectivity index (χ1n) is 5.44. The number of hydrogen-bond donors (Lipinski definition) is 0. The Morgan fingerprint density at radius 1 is 1.11 bits per heavy atom. The van der Waals surface area contributed by atoms with Gasteiger partial charge in [0.1, 0.15) is 5.75 Å². The molecule has 1 unspecified atom stereocenters. The molecule has 1 nitrogen and oxygen atoms in total. The molecule has 0 amide bonds. The van der Waals surface area contributed by atoms with Crippen molar-refractivity contribution in [1.29, 1.82) is 0 Å². The average Bonchev–Trinajstić information content (AvgIpc) is 2.36. The van der Waals surface area contributed by atoms with E-state index in [0.29, 0.717) is 5.02 Å². The van der Waals surface area contributed by atoms with Gasteiger partial charge in [-0.3, -0.25) is 0 Å². The van der Waals surface area contributed by atoms with Crippen molar-refractivity contribution in [3.63, 3.8) is 0 Å². The fourth-order valence-corrected chi connectivity index (χ4v) is 3.66. The predicted molar refractivity (Wildman–Crippen MR) is 87.5 cm³/mol. The van der Waals surface area contributed by atoms with Gasteiger partial charge in [0.05, 0.1) is 12.5 Å². The Balaban J connectivity index is 2.40. The van der Waals surface area contributed by atoms with Gasteiger partial charge in [-0.1, -0.05) is 49.5 Å². The number of hydrogen-bond acceptors (Lipinski definition) is 1. The summed E-state index contributed by atoms with van der Waals surface area (Å²) in [5, 5.41) is 0.370. The van der Waals surface area contributed by atoms with E-state index >= 15 is 0 Å². The van der Waals surface area contributed by atoms with Crippen LogP contribution in [-0.4, -0.2) is 7.11 Å². The van der Waals surface area contributed by atoms with Crippen LogP contribution in [0.1, 0.15) is 16.5 Å². The highest BCUT2D eigenvalue weighted by Crippen LogP contribution is 2.37. The molecule has 0 saturated carbocycles. The summed E-state index contributed by atoms with van der Waals surface area (Å²) in [6.07, 6.45) is 0. The minimum Gasteiger partial charge on any atom is -0.497 e. The van der Waals surface area contributed by atoms with Gasteiger partial charge in [-0.25, -0.2) is 0 Å². The van der Waals surface area contributed by atoms with Gasteiger partial charge in [0.25, 0.3) is 0 Å². The molecule has 2 aromatic carbocycles. The lowest BCUT2D eigenvalue weighted by Crippen LogP contribution is -1.95. The zero-order valence-corrected chi connectivity index (χ0v) is 14.6. The van der Waals surface area contributed by atoms with Gasteiger partial charge in [0.2, 0.25) is 0 Å². The van der Waals surface area contributed by atoms with Crippen molar-refractivity contribution < 1.29 is 4.74 Å². The van der Waals surface area contributed by atoms with Crippen molar-refractivity contribution in [3.05, 3.63) is 61.5 Å². The third-order valence-electron chi connectivity index (χ3n) is 2.66. The van der Waals surface area contributed by atoms with Crippen molar-refractivity contribution in [2.45, 2.75) is 5.38 Å². The molecule has 0 saturated heterocycles. The van der Waals surface area contributed by atoms with Crippen LogP contribution in [0.15, 0.2) is 45.3 Å². The maximum atomic E-state index is 6.53. The Hall–Kier alpha value is -0.220. The quantitative estimate of drug-likeness (QED) is 0.533. The first kappa shape index (κ1) is 15.2. The Labute approximate surface area is 139 Å². The molecule has 1 atom stereocenters. The largest absolute Gasteiger partial charge is 0.497 e. The van der Waals surface area contributed by atoms with Gasteiger partial charge >= 0.3 is 0 Å². The third kappa shape index (κ3) is 3.66. The van der Waals surface area contributed by atoms with E-state index in [2.05, 4.69) is 31.9 Å². The molecule has 0 N–H and O–H groups in total. The summed E-state index contributed by atoms with van der Waals surface area (Å²) in [6.45, 7) is 0. The number of methoxy groups -OCH3 is 1. The molecule has 0 aliphatic rings. The lowest BCUT2D eigenvalue weighted by molar-refractivity contribution is 0.414. The molecular formula is C14H10Br2Cl2O. The second kappa shape index (κ2) is 6.49. The highest BCUT2D eigenvalue weighted by molar-refractivity contribution is 9.10. The zero-order chi connectivity index (χ0) is 14.0. The fraction of sp³-hybridized carbons (Fsp3) is 0.143. The van der Waals surface area contributed by atoms with Gasteiger partial charge in [-0.15, -0.1) is 11.6 Å². The molecular weight excluding hydrogens is 415 g/mol. The molecule has 0 aliphatic carbocycles. The van der Waals surface area contributed by atoms with E-state index in [4.69, 9.17) is 27.9 Å². The van der Waals surface area contributed by atoms with Crippen LogP contribution in [0.2, 0.25) is 5.02 Å². The van der Waals surface area contributed by atoms with Crippen LogP contribution < -0.4 is 4.74 Å². The molecule has 0 aliphatic heterocycles. The second-order valence-electron chi connectivity index (χ2n) is 3.95. The second-order valence-corrected chi connectivity index (χ2v) is 6.60. The predicted octanol–water partition coefficient (Wildman–Crippen LogP) is 6.20. The van der Waals surface area contributed by atoms with E-state index in [1.165, 1.54) is 0 Å². The monoisotopic (exact) mass is 422 g/mol. The van der Waals surface area contributed by atoms with Gasteiger partial charge < -0.3 is 4.74 Å². The molecule has 0 spiro atoms. The lowest BCUT2D eigenvalue weighted by Gasteiger charge is -2.14. The molecule has 100 valence electrons. The summed E-state index contributed by atoms with van der Waals surface area (Å²) in [5.74, 6) is 0.784. The highest BCUT2D eigenvalue weighted by atomic mass is 79.9. The van der Waals surface area contributed by atoms with Gasteiger partial charge in [0.15, 0.2) is 0 Å². The van der Waals surface area contributed by atoms with Crippen molar-refractivity contribution in [2.24, 2.45) is 0 Å². The molecule has 19 heavy (non-hydrogen) atoms. The third-order valence-corrected chi connectivity index (χ3v) is 4.51. The topological polar surface area (TPSA) is 9.23 Å². The van der Waals surface area contributed by atoms with Crippen LogP contribution in [0, 0.1) is 0 Å². The number of rotatable bonds is 3. The molecule has 0 bridgehead atoms. The van der Waals surface area contributed by atoms with Crippen molar-refractivity contribution in [3.8, 4) is 5.75 Å². The zero-order valence-electron chi connectivity index (χ0n) is 9.96. The Bertz CT molecular complexity index is 582. The summed E-state index contributed by atoms with van der Waals surface area (Å²) < 4.78 is 6.99. The lowest BCUT2D eigenvalue weighted by atomic mass is 10.0. The van der Waals surface area contributed by atoms with Crippen LogP contribution in [0.5, 0.6) is 5.75 Å². The number of halogens is 4. The van der Waals surface area contributed by atoms with E-state index < -0.39 is 0 Å². The smallest absolute Gasteiger partial charge is 0.120 e. The summed E-state index contributed by atoms with van der Waals surface area (Å²) in [6, 6.07) is 11.4. The molecule has 0 radical (unpaired) electrons. The van der Waals surface area contributed by atoms with E-state index in [1.807, 2.05) is 36.4 Å². The van der Waals surface area contributed by atoms with Crippen LogP contribution >= 0.6 is 55.1 Å². The van der Waals surface area contributed by atoms with Gasteiger partial charge in [0, 0.05) is 14.0 Å². The summed E-state index contributed by atoms with van der Waals surface area (Å²) in [5.41, 5.74) is 1.91. The number of ether oxygens (including phenoxy) is 1. The van der Waals surface area contributed by atoms with Crippen LogP contribution in [0.4, 0.5) is 0 Å². The number of alkyl halides is 1. The minimum absolute atomic E-state index is 0.282. The van der Waals surface area contributed by atoms with Gasteiger partial charge in [-0.2, -0.15) is 0 Å². The maximum Gasteiger partial charge on any atom is 0.120 e. The highest BCUT2D eigenvalue weighted by Gasteiger charge is 2.15. The molecule has 0 aromatic heterocycles. The van der Waals surface area contributed by atoms with Crippen molar-refractivity contribution in [1.82, 2.24) is 0 Å². The van der Waals surface area contributed by atoms with Crippen LogP contribution in [0.25, 0.3) is 0 Å². The molecule has 2 rings (SSSR count). The average molecular weight is 425 g/mol. The molecule has 5 heteroatoms.